The van der Waals surface area contributed by atoms with Crippen LogP contribution in [0.15, 0.2) is 54.6 Å². The average molecular weight is 305 g/mol. The topological polar surface area (TPSA) is 21.3 Å². The number of hydrogen-bond acceptors (Lipinski definition) is 2. The van der Waals surface area contributed by atoms with Gasteiger partial charge in [-0.05, 0) is 54.8 Å². The van der Waals surface area contributed by atoms with Gasteiger partial charge in [0.2, 0.25) is 0 Å². The van der Waals surface area contributed by atoms with Gasteiger partial charge in [-0.15, -0.1) is 0 Å². The minimum atomic E-state index is 0.675. The fraction of sp³-hybridized carbons (Fsp3) is 0.238. The molecule has 3 rings (SSSR count). The largest absolute Gasteiger partial charge is 0.494 e. The van der Waals surface area contributed by atoms with E-state index in [9.17, 15) is 0 Å². The summed E-state index contributed by atoms with van der Waals surface area (Å²) in [6.07, 6.45) is 0. The maximum Gasteiger partial charge on any atom is 0.124 e. The second-order valence-corrected chi connectivity index (χ2v) is 5.80. The maximum absolute atomic E-state index is 5.85. The van der Waals surface area contributed by atoms with E-state index in [0.29, 0.717) is 6.61 Å². The first kappa shape index (κ1) is 15.4. The molecule has 118 valence electrons. The van der Waals surface area contributed by atoms with E-state index in [0.717, 1.165) is 12.3 Å². The Labute approximate surface area is 138 Å². The number of hydrogen-bond donors (Lipinski definition) is 1. The zero-order valence-electron chi connectivity index (χ0n) is 14.0. The number of ether oxygens (including phenoxy) is 1. The monoisotopic (exact) mass is 305 g/mol. The third-order valence-electron chi connectivity index (χ3n) is 4.36. The first-order valence-corrected chi connectivity index (χ1v) is 8.14. The molecule has 0 spiro atoms. The van der Waals surface area contributed by atoms with Gasteiger partial charge in [0.1, 0.15) is 5.75 Å². The molecule has 0 fully saturated rings. The van der Waals surface area contributed by atoms with Crippen LogP contribution < -0.4 is 10.1 Å². The Morgan fingerprint density at radius 2 is 1.74 bits per heavy atom. The van der Waals surface area contributed by atoms with E-state index in [2.05, 4.69) is 73.8 Å². The molecule has 0 heterocycles. The first-order valence-electron chi connectivity index (χ1n) is 8.14. The molecule has 23 heavy (non-hydrogen) atoms. The molecule has 2 heteroatoms. The summed E-state index contributed by atoms with van der Waals surface area (Å²) in [6.45, 7) is 7.75. The Hall–Kier alpha value is -2.48. The van der Waals surface area contributed by atoms with Gasteiger partial charge in [0, 0.05) is 17.8 Å². The summed E-state index contributed by atoms with van der Waals surface area (Å²) in [6, 6.07) is 19.0. The van der Waals surface area contributed by atoms with E-state index < -0.39 is 0 Å². The smallest absolute Gasteiger partial charge is 0.124 e. The molecule has 0 aliphatic carbocycles. The molecule has 0 unspecified atom stereocenters. The molecule has 0 saturated carbocycles. The molecular formula is C21H23NO. The lowest BCUT2D eigenvalue weighted by atomic mass is 10.0. The minimum absolute atomic E-state index is 0.675. The summed E-state index contributed by atoms with van der Waals surface area (Å²) < 4.78 is 5.85. The Morgan fingerprint density at radius 3 is 2.57 bits per heavy atom. The van der Waals surface area contributed by atoms with Crippen LogP contribution in [0.5, 0.6) is 5.75 Å². The van der Waals surface area contributed by atoms with Crippen LogP contribution in [0, 0.1) is 13.8 Å². The normalized spacial score (nSPS) is 10.7. The van der Waals surface area contributed by atoms with Crippen LogP contribution >= 0.6 is 0 Å². The van der Waals surface area contributed by atoms with Crippen LogP contribution in [-0.4, -0.2) is 6.61 Å². The van der Waals surface area contributed by atoms with E-state index in [1.165, 1.54) is 33.2 Å². The predicted octanol–water partition coefficient (Wildman–Crippen LogP) is 5.47. The van der Waals surface area contributed by atoms with E-state index in [1.54, 1.807) is 0 Å². The summed E-state index contributed by atoms with van der Waals surface area (Å²) in [7, 11) is 0. The number of rotatable bonds is 5. The van der Waals surface area contributed by atoms with Gasteiger partial charge in [-0.25, -0.2) is 0 Å². The highest BCUT2D eigenvalue weighted by molar-refractivity contribution is 5.88. The highest BCUT2D eigenvalue weighted by Crippen LogP contribution is 2.29. The molecular weight excluding hydrogens is 282 g/mol. The summed E-state index contributed by atoms with van der Waals surface area (Å²) in [5.74, 6) is 0.962. The fourth-order valence-electron chi connectivity index (χ4n) is 2.92. The highest BCUT2D eigenvalue weighted by Gasteiger charge is 2.09. The van der Waals surface area contributed by atoms with Gasteiger partial charge in [-0.3, -0.25) is 0 Å². The first-order chi connectivity index (χ1) is 11.2. The molecule has 0 atom stereocenters. The van der Waals surface area contributed by atoms with Crippen molar-refractivity contribution in [3.05, 3.63) is 71.3 Å². The van der Waals surface area contributed by atoms with Crippen LogP contribution in [0.25, 0.3) is 10.8 Å². The van der Waals surface area contributed by atoms with Crippen molar-refractivity contribution >= 4 is 16.5 Å². The van der Waals surface area contributed by atoms with Crippen LogP contribution in [0.2, 0.25) is 0 Å². The van der Waals surface area contributed by atoms with Gasteiger partial charge in [0.05, 0.1) is 6.61 Å². The third kappa shape index (κ3) is 3.16. The lowest BCUT2D eigenvalue weighted by Crippen LogP contribution is -2.05. The van der Waals surface area contributed by atoms with E-state index >= 15 is 0 Å². The average Bonchev–Trinajstić information content (AvgIpc) is 2.57. The Kier molecular flexibility index (Phi) is 4.52. The molecule has 0 aromatic heterocycles. The Morgan fingerprint density at radius 1 is 0.913 bits per heavy atom. The van der Waals surface area contributed by atoms with Crippen molar-refractivity contribution in [2.24, 2.45) is 0 Å². The Balaban J connectivity index is 1.97. The standard InChI is InChI=1S/C21H23NO/c1-4-23-21-13-12-17-9-5-6-10-18(17)19(21)14-22-20-11-7-8-15(2)16(20)3/h5-13,22H,4,14H2,1-3H3. The van der Waals surface area contributed by atoms with E-state index in [1.807, 2.05) is 6.92 Å². The van der Waals surface area contributed by atoms with Crippen LogP contribution in [0.4, 0.5) is 5.69 Å². The third-order valence-corrected chi connectivity index (χ3v) is 4.36. The van der Waals surface area contributed by atoms with Crippen molar-refractivity contribution < 1.29 is 4.74 Å². The van der Waals surface area contributed by atoms with E-state index in [-0.39, 0.29) is 0 Å². The summed E-state index contributed by atoms with van der Waals surface area (Å²) >= 11 is 0. The van der Waals surface area contributed by atoms with E-state index in [4.69, 9.17) is 4.74 Å². The van der Waals surface area contributed by atoms with Gasteiger partial charge in [-0.2, -0.15) is 0 Å². The number of fused-ring (bicyclic) bond motifs is 1. The molecule has 0 aliphatic rings. The number of anilines is 1. The minimum Gasteiger partial charge on any atom is -0.494 e. The molecule has 0 aliphatic heterocycles. The summed E-state index contributed by atoms with van der Waals surface area (Å²) in [5, 5.41) is 6.07. The molecule has 0 amide bonds. The molecule has 0 saturated heterocycles. The number of benzene rings is 3. The van der Waals surface area contributed by atoms with Crippen molar-refractivity contribution in [3.63, 3.8) is 0 Å². The lowest BCUT2D eigenvalue weighted by molar-refractivity contribution is 0.337. The van der Waals surface area contributed by atoms with Crippen LogP contribution in [0.3, 0.4) is 0 Å². The molecule has 2 nitrogen and oxygen atoms in total. The maximum atomic E-state index is 5.85. The SMILES string of the molecule is CCOc1ccc2ccccc2c1CNc1cccc(C)c1C. The van der Waals surface area contributed by atoms with Crippen LogP contribution in [-0.2, 0) is 6.54 Å². The fourth-order valence-corrected chi connectivity index (χ4v) is 2.92. The molecule has 0 bridgehead atoms. The quantitative estimate of drug-likeness (QED) is 0.675. The zero-order valence-corrected chi connectivity index (χ0v) is 14.0. The lowest BCUT2D eigenvalue weighted by Gasteiger charge is -2.16. The van der Waals surface area contributed by atoms with Crippen molar-refractivity contribution in [3.8, 4) is 5.75 Å². The van der Waals surface area contributed by atoms with Gasteiger partial charge in [0.15, 0.2) is 0 Å². The highest BCUT2D eigenvalue weighted by atomic mass is 16.5. The van der Waals surface area contributed by atoms with Gasteiger partial charge >= 0.3 is 0 Å². The van der Waals surface area contributed by atoms with Gasteiger partial charge < -0.3 is 10.1 Å². The predicted molar refractivity (Wildman–Crippen MR) is 98.4 cm³/mol. The van der Waals surface area contributed by atoms with Crippen molar-refractivity contribution in [1.82, 2.24) is 0 Å². The van der Waals surface area contributed by atoms with Crippen LogP contribution in [0.1, 0.15) is 23.6 Å². The molecule has 1 N–H and O–H groups in total. The van der Waals surface area contributed by atoms with Crippen molar-refractivity contribution in [1.29, 1.82) is 0 Å². The zero-order chi connectivity index (χ0) is 16.2. The van der Waals surface area contributed by atoms with Gasteiger partial charge in [-0.1, -0.05) is 42.5 Å². The van der Waals surface area contributed by atoms with Crippen molar-refractivity contribution in [2.75, 3.05) is 11.9 Å². The summed E-state index contributed by atoms with van der Waals surface area (Å²) in [5.41, 5.74) is 5.00. The summed E-state index contributed by atoms with van der Waals surface area (Å²) in [4.78, 5) is 0. The second-order valence-electron chi connectivity index (χ2n) is 5.80. The molecule has 3 aromatic carbocycles. The Bertz CT molecular complexity index is 823. The number of aryl methyl sites for hydroxylation is 1. The second kappa shape index (κ2) is 6.74. The molecule has 0 radical (unpaired) electrons. The molecule has 3 aromatic rings. The van der Waals surface area contributed by atoms with Gasteiger partial charge in [0.25, 0.3) is 0 Å². The number of nitrogens with one attached hydrogen (secondary N) is 1. The van der Waals surface area contributed by atoms with Crippen molar-refractivity contribution in [2.45, 2.75) is 27.3 Å².